The van der Waals surface area contributed by atoms with Gasteiger partial charge in [0, 0.05) is 5.56 Å². The topological polar surface area (TPSA) is 38.3 Å². The highest BCUT2D eigenvalue weighted by Crippen LogP contribution is 2.24. The first-order valence-electron chi connectivity index (χ1n) is 6.61. The van der Waals surface area contributed by atoms with Crippen molar-refractivity contribution < 1.29 is 9.53 Å². The Morgan fingerprint density at radius 3 is 2.67 bits per heavy atom. The SMILES string of the molecule is Cc1c(C=O)ccc(OCC2CCNCC2)c1C. The molecule has 1 N–H and O–H groups in total. The molecule has 1 heterocycles. The molecule has 98 valence electrons. The molecule has 0 amide bonds. The van der Waals surface area contributed by atoms with Crippen molar-refractivity contribution in [2.24, 2.45) is 5.92 Å². The van der Waals surface area contributed by atoms with Gasteiger partial charge in [-0.2, -0.15) is 0 Å². The van der Waals surface area contributed by atoms with Crippen LogP contribution >= 0.6 is 0 Å². The minimum absolute atomic E-state index is 0.650. The molecule has 1 saturated heterocycles. The number of benzene rings is 1. The quantitative estimate of drug-likeness (QED) is 0.831. The van der Waals surface area contributed by atoms with Crippen LogP contribution in [0.15, 0.2) is 12.1 Å². The minimum atomic E-state index is 0.650. The Hall–Kier alpha value is -1.35. The second-order valence-electron chi connectivity index (χ2n) is 5.03. The van der Waals surface area contributed by atoms with E-state index in [2.05, 4.69) is 5.32 Å². The van der Waals surface area contributed by atoms with Gasteiger partial charge in [0.05, 0.1) is 6.61 Å². The van der Waals surface area contributed by atoms with Gasteiger partial charge in [-0.1, -0.05) is 0 Å². The highest BCUT2D eigenvalue weighted by atomic mass is 16.5. The molecule has 1 aliphatic rings. The summed E-state index contributed by atoms with van der Waals surface area (Å²) < 4.78 is 5.91. The van der Waals surface area contributed by atoms with Crippen molar-refractivity contribution in [2.45, 2.75) is 26.7 Å². The van der Waals surface area contributed by atoms with Crippen molar-refractivity contribution in [3.8, 4) is 5.75 Å². The van der Waals surface area contributed by atoms with Gasteiger partial charge in [0.1, 0.15) is 12.0 Å². The normalized spacial score (nSPS) is 16.6. The third kappa shape index (κ3) is 2.91. The number of ether oxygens (including phenoxy) is 1. The summed E-state index contributed by atoms with van der Waals surface area (Å²) in [6.45, 7) is 6.95. The fourth-order valence-electron chi connectivity index (χ4n) is 2.36. The summed E-state index contributed by atoms with van der Waals surface area (Å²) in [5.41, 5.74) is 2.85. The van der Waals surface area contributed by atoms with E-state index in [1.54, 1.807) is 0 Å². The average Bonchev–Trinajstić information content (AvgIpc) is 2.42. The lowest BCUT2D eigenvalue weighted by Crippen LogP contribution is -2.30. The number of hydrogen-bond donors (Lipinski definition) is 1. The molecule has 3 heteroatoms. The molecule has 0 aliphatic carbocycles. The molecule has 0 saturated carbocycles. The van der Waals surface area contributed by atoms with Crippen molar-refractivity contribution in [2.75, 3.05) is 19.7 Å². The number of hydrogen-bond acceptors (Lipinski definition) is 3. The summed E-state index contributed by atoms with van der Waals surface area (Å²) in [7, 11) is 0. The molecule has 3 nitrogen and oxygen atoms in total. The van der Waals surface area contributed by atoms with Crippen molar-refractivity contribution >= 4 is 6.29 Å². The van der Waals surface area contributed by atoms with Gasteiger partial charge < -0.3 is 10.1 Å². The molecule has 1 fully saturated rings. The summed E-state index contributed by atoms with van der Waals surface area (Å²) in [5, 5.41) is 3.35. The molecule has 0 spiro atoms. The fraction of sp³-hybridized carbons (Fsp3) is 0.533. The van der Waals surface area contributed by atoms with Gasteiger partial charge in [-0.3, -0.25) is 4.79 Å². The molecule has 2 rings (SSSR count). The van der Waals surface area contributed by atoms with Crippen LogP contribution in [0.4, 0.5) is 0 Å². The van der Waals surface area contributed by atoms with Gasteiger partial charge in [0.25, 0.3) is 0 Å². The predicted molar refractivity (Wildman–Crippen MR) is 72.4 cm³/mol. The van der Waals surface area contributed by atoms with E-state index in [0.717, 1.165) is 48.4 Å². The Kier molecular flexibility index (Phi) is 4.37. The van der Waals surface area contributed by atoms with Crippen LogP contribution in [0.1, 0.15) is 34.3 Å². The summed E-state index contributed by atoms with van der Waals surface area (Å²) in [4.78, 5) is 10.8. The zero-order valence-electron chi connectivity index (χ0n) is 11.2. The zero-order chi connectivity index (χ0) is 13.0. The molecule has 1 aromatic rings. The Balaban J connectivity index is 2.00. The molecule has 1 aromatic carbocycles. The summed E-state index contributed by atoms with van der Waals surface area (Å²) in [5.74, 6) is 1.56. The lowest BCUT2D eigenvalue weighted by atomic mass is 9.99. The number of rotatable bonds is 4. The van der Waals surface area contributed by atoms with E-state index in [-0.39, 0.29) is 0 Å². The van der Waals surface area contributed by atoms with E-state index < -0.39 is 0 Å². The van der Waals surface area contributed by atoms with Crippen molar-refractivity contribution in [1.29, 1.82) is 0 Å². The van der Waals surface area contributed by atoms with Crippen LogP contribution in [-0.4, -0.2) is 26.0 Å². The maximum absolute atomic E-state index is 10.8. The molecule has 0 atom stereocenters. The Morgan fingerprint density at radius 1 is 1.28 bits per heavy atom. The van der Waals surface area contributed by atoms with Gasteiger partial charge in [0.2, 0.25) is 0 Å². The van der Waals surface area contributed by atoms with Crippen LogP contribution in [0.5, 0.6) is 5.75 Å². The van der Waals surface area contributed by atoms with E-state index in [9.17, 15) is 4.79 Å². The van der Waals surface area contributed by atoms with Crippen LogP contribution in [0.25, 0.3) is 0 Å². The van der Waals surface area contributed by atoms with E-state index in [4.69, 9.17) is 4.74 Å². The zero-order valence-corrected chi connectivity index (χ0v) is 11.2. The van der Waals surface area contributed by atoms with Crippen LogP contribution in [0, 0.1) is 19.8 Å². The van der Waals surface area contributed by atoms with E-state index >= 15 is 0 Å². The van der Waals surface area contributed by atoms with Crippen LogP contribution in [0.3, 0.4) is 0 Å². The molecule has 0 radical (unpaired) electrons. The average molecular weight is 247 g/mol. The van der Waals surface area contributed by atoms with Crippen molar-refractivity contribution in [3.05, 3.63) is 28.8 Å². The maximum Gasteiger partial charge on any atom is 0.150 e. The third-order valence-corrected chi connectivity index (χ3v) is 3.84. The molecule has 0 aromatic heterocycles. The van der Waals surface area contributed by atoms with E-state index in [0.29, 0.717) is 5.92 Å². The largest absolute Gasteiger partial charge is 0.493 e. The Labute approximate surface area is 109 Å². The molecule has 18 heavy (non-hydrogen) atoms. The summed E-state index contributed by atoms with van der Waals surface area (Å²) in [6, 6.07) is 3.75. The molecular weight excluding hydrogens is 226 g/mol. The lowest BCUT2D eigenvalue weighted by Gasteiger charge is -2.23. The second-order valence-corrected chi connectivity index (χ2v) is 5.03. The fourth-order valence-corrected chi connectivity index (χ4v) is 2.36. The first-order chi connectivity index (χ1) is 8.72. The monoisotopic (exact) mass is 247 g/mol. The predicted octanol–water partition coefficient (Wildman–Crippen LogP) is 2.49. The van der Waals surface area contributed by atoms with Crippen molar-refractivity contribution in [3.63, 3.8) is 0 Å². The summed E-state index contributed by atoms with van der Waals surface area (Å²) >= 11 is 0. The van der Waals surface area contributed by atoms with Crippen LogP contribution in [-0.2, 0) is 0 Å². The van der Waals surface area contributed by atoms with Gasteiger partial charge >= 0.3 is 0 Å². The van der Waals surface area contributed by atoms with E-state index in [1.807, 2.05) is 26.0 Å². The molecule has 0 bridgehead atoms. The van der Waals surface area contributed by atoms with Gasteiger partial charge in [-0.25, -0.2) is 0 Å². The highest BCUT2D eigenvalue weighted by Gasteiger charge is 2.14. The van der Waals surface area contributed by atoms with Gasteiger partial charge in [-0.05, 0) is 69.0 Å². The first kappa shape index (κ1) is 13.1. The van der Waals surface area contributed by atoms with Gasteiger partial charge in [-0.15, -0.1) is 0 Å². The van der Waals surface area contributed by atoms with Gasteiger partial charge in [0.15, 0.2) is 0 Å². The Morgan fingerprint density at radius 2 is 2.00 bits per heavy atom. The highest BCUT2D eigenvalue weighted by molar-refractivity contribution is 5.78. The number of piperidine rings is 1. The number of carbonyl (C=O) groups is 1. The summed E-state index contributed by atoms with van der Waals surface area (Å²) in [6.07, 6.45) is 3.27. The van der Waals surface area contributed by atoms with Crippen molar-refractivity contribution in [1.82, 2.24) is 5.32 Å². The minimum Gasteiger partial charge on any atom is -0.493 e. The number of nitrogens with one attached hydrogen (secondary N) is 1. The first-order valence-corrected chi connectivity index (χ1v) is 6.61. The second kappa shape index (κ2) is 6.01. The smallest absolute Gasteiger partial charge is 0.150 e. The number of aldehydes is 1. The van der Waals surface area contributed by atoms with Crippen LogP contribution in [0.2, 0.25) is 0 Å². The molecule has 1 aliphatic heterocycles. The van der Waals surface area contributed by atoms with Crippen LogP contribution < -0.4 is 10.1 Å². The molecule has 0 unspecified atom stereocenters. The molecular formula is C15H21NO2. The standard InChI is InChI=1S/C15H21NO2/c1-11-12(2)15(4-3-14(11)9-17)18-10-13-5-7-16-8-6-13/h3-4,9,13,16H,5-8,10H2,1-2H3. The maximum atomic E-state index is 10.8. The third-order valence-electron chi connectivity index (χ3n) is 3.84. The number of carbonyl (C=O) groups excluding carboxylic acids is 1. The lowest BCUT2D eigenvalue weighted by molar-refractivity contribution is 0.112. The van der Waals surface area contributed by atoms with E-state index in [1.165, 1.54) is 12.8 Å². The Bertz CT molecular complexity index is 423.